The SMILES string of the molecule is C=CC1C(CCCCCCCCCCC)C1(C)C. The van der Waals surface area contributed by atoms with Gasteiger partial charge in [0, 0.05) is 0 Å². The van der Waals surface area contributed by atoms with Crippen LogP contribution in [0.15, 0.2) is 12.7 Å². The van der Waals surface area contributed by atoms with E-state index in [2.05, 4.69) is 33.4 Å². The van der Waals surface area contributed by atoms with Gasteiger partial charge in [-0.15, -0.1) is 6.58 Å². The maximum absolute atomic E-state index is 3.96. The number of rotatable bonds is 11. The molecule has 1 fully saturated rings. The predicted molar refractivity (Wildman–Crippen MR) is 82.8 cm³/mol. The quantitative estimate of drug-likeness (QED) is 0.295. The molecule has 106 valence electrons. The van der Waals surface area contributed by atoms with E-state index >= 15 is 0 Å². The summed E-state index contributed by atoms with van der Waals surface area (Å²) in [6, 6.07) is 0. The molecule has 0 aromatic heterocycles. The molecule has 1 aliphatic carbocycles. The van der Waals surface area contributed by atoms with Crippen molar-refractivity contribution in [3.8, 4) is 0 Å². The summed E-state index contributed by atoms with van der Waals surface area (Å²) in [5, 5.41) is 0. The largest absolute Gasteiger partial charge is 0.103 e. The van der Waals surface area contributed by atoms with E-state index in [-0.39, 0.29) is 0 Å². The molecule has 1 saturated carbocycles. The maximum Gasteiger partial charge on any atom is -0.0148 e. The summed E-state index contributed by atoms with van der Waals surface area (Å²) in [7, 11) is 0. The van der Waals surface area contributed by atoms with Gasteiger partial charge in [0.1, 0.15) is 0 Å². The summed E-state index contributed by atoms with van der Waals surface area (Å²) >= 11 is 0. The van der Waals surface area contributed by atoms with Crippen LogP contribution in [0.5, 0.6) is 0 Å². The van der Waals surface area contributed by atoms with Crippen molar-refractivity contribution in [2.24, 2.45) is 17.3 Å². The zero-order valence-electron chi connectivity index (χ0n) is 13.0. The van der Waals surface area contributed by atoms with E-state index < -0.39 is 0 Å². The molecule has 0 bridgehead atoms. The second kappa shape index (κ2) is 8.02. The Hall–Kier alpha value is -0.260. The van der Waals surface area contributed by atoms with Gasteiger partial charge in [-0.2, -0.15) is 0 Å². The molecule has 0 aromatic rings. The van der Waals surface area contributed by atoms with E-state index in [4.69, 9.17) is 0 Å². The number of allylic oxidation sites excluding steroid dienone is 1. The minimum atomic E-state index is 0.557. The molecule has 0 aliphatic heterocycles. The monoisotopic (exact) mass is 250 g/mol. The van der Waals surface area contributed by atoms with Crippen LogP contribution in [0.1, 0.15) is 85.0 Å². The van der Waals surface area contributed by atoms with Crippen LogP contribution in [0.2, 0.25) is 0 Å². The number of hydrogen-bond acceptors (Lipinski definition) is 0. The van der Waals surface area contributed by atoms with Gasteiger partial charge in [-0.1, -0.05) is 84.6 Å². The van der Waals surface area contributed by atoms with Crippen LogP contribution < -0.4 is 0 Å². The maximum atomic E-state index is 3.96. The summed E-state index contributed by atoms with van der Waals surface area (Å²) in [5.41, 5.74) is 0.557. The van der Waals surface area contributed by atoms with Crippen molar-refractivity contribution in [3.05, 3.63) is 12.7 Å². The van der Waals surface area contributed by atoms with E-state index in [1.165, 1.54) is 64.2 Å². The zero-order chi connectivity index (χ0) is 13.4. The Morgan fingerprint density at radius 2 is 1.39 bits per heavy atom. The van der Waals surface area contributed by atoms with Gasteiger partial charge in [0.05, 0.1) is 0 Å². The van der Waals surface area contributed by atoms with Crippen molar-refractivity contribution >= 4 is 0 Å². The first-order chi connectivity index (χ1) is 8.64. The van der Waals surface area contributed by atoms with Gasteiger partial charge in [0.25, 0.3) is 0 Å². The summed E-state index contributed by atoms with van der Waals surface area (Å²) in [4.78, 5) is 0. The molecule has 0 heterocycles. The van der Waals surface area contributed by atoms with Crippen LogP contribution in [0, 0.1) is 17.3 Å². The molecule has 2 unspecified atom stereocenters. The Morgan fingerprint density at radius 1 is 0.889 bits per heavy atom. The zero-order valence-corrected chi connectivity index (χ0v) is 13.0. The molecule has 0 N–H and O–H groups in total. The third-order valence-electron chi connectivity index (χ3n) is 5.01. The Labute approximate surface area is 115 Å². The average molecular weight is 250 g/mol. The average Bonchev–Trinajstić information content (AvgIpc) is 2.88. The second-order valence-electron chi connectivity index (χ2n) is 6.81. The predicted octanol–water partition coefficient (Wildman–Crippen LogP) is 6.37. The summed E-state index contributed by atoms with van der Waals surface area (Å²) in [5.74, 6) is 1.73. The third-order valence-corrected chi connectivity index (χ3v) is 5.01. The van der Waals surface area contributed by atoms with Gasteiger partial charge < -0.3 is 0 Å². The lowest BCUT2D eigenvalue weighted by Crippen LogP contribution is -1.90. The third kappa shape index (κ3) is 4.78. The highest BCUT2D eigenvalue weighted by Gasteiger charge is 2.54. The molecule has 18 heavy (non-hydrogen) atoms. The first-order valence-corrected chi connectivity index (χ1v) is 8.27. The van der Waals surface area contributed by atoms with E-state index in [1.807, 2.05) is 0 Å². The minimum absolute atomic E-state index is 0.557. The van der Waals surface area contributed by atoms with Crippen LogP contribution >= 0.6 is 0 Å². The fraction of sp³-hybridized carbons (Fsp3) is 0.889. The van der Waals surface area contributed by atoms with Gasteiger partial charge in [-0.3, -0.25) is 0 Å². The van der Waals surface area contributed by atoms with Crippen molar-refractivity contribution in [3.63, 3.8) is 0 Å². The molecule has 2 atom stereocenters. The summed E-state index contributed by atoms with van der Waals surface area (Å²) in [6.07, 6.45) is 16.6. The van der Waals surface area contributed by atoms with Crippen LogP contribution in [0.3, 0.4) is 0 Å². The molecule has 1 rings (SSSR count). The molecule has 0 amide bonds. The van der Waals surface area contributed by atoms with E-state index in [9.17, 15) is 0 Å². The topological polar surface area (TPSA) is 0 Å². The van der Waals surface area contributed by atoms with Crippen LogP contribution in [-0.4, -0.2) is 0 Å². The Bertz CT molecular complexity index is 226. The van der Waals surface area contributed by atoms with Crippen LogP contribution in [0.4, 0.5) is 0 Å². The Balaban J connectivity index is 1.87. The van der Waals surface area contributed by atoms with E-state index in [0.29, 0.717) is 5.41 Å². The van der Waals surface area contributed by atoms with Crippen molar-refractivity contribution in [1.82, 2.24) is 0 Å². The van der Waals surface area contributed by atoms with Crippen LogP contribution in [0.25, 0.3) is 0 Å². The van der Waals surface area contributed by atoms with Gasteiger partial charge in [-0.05, 0) is 23.7 Å². The molecule has 0 aromatic carbocycles. The molecular weight excluding hydrogens is 216 g/mol. The Kier molecular flexibility index (Phi) is 7.04. The van der Waals surface area contributed by atoms with Crippen molar-refractivity contribution in [2.75, 3.05) is 0 Å². The number of hydrogen-bond donors (Lipinski definition) is 0. The minimum Gasteiger partial charge on any atom is -0.103 e. The van der Waals surface area contributed by atoms with Gasteiger partial charge in [0.15, 0.2) is 0 Å². The molecule has 0 saturated heterocycles. The molecule has 0 nitrogen and oxygen atoms in total. The highest BCUT2D eigenvalue weighted by Crippen LogP contribution is 2.60. The van der Waals surface area contributed by atoms with E-state index in [1.54, 1.807) is 0 Å². The lowest BCUT2D eigenvalue weighted by Gasteiger charge is -2.03. The van der Waals surface area contributed by atoms with Crippen molar-refractivity contribution in [2.45, 2.75) is 85.0 Å². The smallest absolute Gasteiger partial charge is 0.0148 e. The normalized spacial score (nSPS) is 25.1. The fourth-order valence-electron chi connectivity index (χ4n) is 3.48. The Morgan fingerprint density at radius 3 is 1.83 bits per heavy atom. The highest BCUT2D eigenvalue weighted by atomic mass is 14.6. The van der Waals surface area contributed by atoms with Gasteiger partial charge in [0.2, 0.25) is 0 Å². The summed E-state index contributed by atoms with van der Waals surface area (Å²) < 4.78 is 0. The first kappa shape index (κ1) is 15.8. The van der Waals surface area contributed by atoms with E-state index in [0.717, 1.165) is 11.8 Å². The van der Waals surface area contributed by atoms with Crippen molar-refractivity contribution < 1.29 is 0 Å². The molecule has 0 radical (unpaired) electrons. The molecule has 1 aliphatic rings. The molecule has 0 spiro atoms. The number of unbranched alkanes of at least 4 members (excludes halogenated alkanes) is 8. The molecule has 0 heteroatoms. The first-order valence-electron chi connectivity index (χ1n) is 8.27. The van der Waals surface area contributed by atoms with Gasteiger partial charge >= 0.3 is 0 Å². The van der Waals surface area contributed by atoms with Crippen LogP contribution in [-0.2, 0) is 0 Å². The van der Waals surface area contributed by atoms with Crippen molar-refractivity contribution in [1.29, 1.82) is 0 Å². The highest BCUT2D eigenvalue weighted by molar-refractivity contribution is 5.11. The standard InChI is InChI=1S/C18H34/c1-5-7-8-9-10-11-12-13-14-15-17-16(6-2)18(17,3)4/h6,16-17H,2,5,7-15H2,1,3-4H3. The fourth-order valence-corrected chi connectivity index (χ4v) is 3.48. The molecular formula is C18H34. The lowest BCUT2D eigenvalue weighted by molar-refractivity contribution is 0.492. The lowest BCUT2D eigenvalue weighted by atomic mass is 10.0. The second-order valence-corrected chi connectivity index (χ2v) is 6.81. The summed E-state index contributed by atoms with van der Waals surface area (Å²) in [6.45, 7) is 11.1. The van der Waals surface area contributed by atoms with Gasteiger partial charge in [-0.25, -0.2) is 0 Å².